The molecule has 8 heteroatoms. The van der Waals surface area contributed by atoms with Crippen LogP contribution in [0.1, 0.15) is 29.9 Å². The molecule has 2 aromatic heterocycles. The van der Waals surface area contributed by atoms with Crippen molar-refractivity contribution in [2.24, 2.45) is 0 Å². The van der Waals surface area contributed by atoms with E-state index in [1.54, 1.807) is 6.07 Å². The molecule has 0 amide bonds. The van der Waals surface area contributed by atoms with Gasteiger partial charge in [0.15, 0.2) is 0 Å². The third-order valence-electron chi connectivity index (χ3n) is 4.57. The van der Waals surface area contributed by atoms with Crippen LogP contribution in [-0.2, 0) is 10.0 Å². The van der Waals surface area contributed by atoms with Crippen LogP contribution >= 0.6 is 0 Å². The number of hydrogen-bond donors (Lipinski definition) is 1. The fourth-order valence-electron chi connectivity index (χ4n) is 2.79. The second-order valence-corrected chi connectivity index (χ2v) is 8.16. The zero-order valence-electron chi connectivity index (χ0n) is 15.1. The minimum Gasteiger partial charge on any atom is -0.423 e. The number of hydrogen-bond acceptors (Lipinski definition) is 5. The second kappa shape index (κ2) is 6.69. The largest absolute Gasteiger partial charge is 0.423 e. The van der Waals surface area contributed by atoms with Gasteiger partial charge in [-0.2, -0.15) is 5.10 Å². The van der Waals surface area contributed by atoms with Crippen molar-refractivity contribution in [2.75, 3.05) is 6.54 Å². The van der Waals surface area contributed by atoms with E-state index in [1.165, 1.54) is 24.3 Å². The Morgan fingerprint density at radius 1 is 1.19 bits per heavy atom. The Morgan fingerprint density at radius 2 is 1.92 bits per heavy atom. The van der Waals surface area contributed by atoms with Gasteiger partial charge in [0.2, 0.25) is 10.0 Å². The van der Waals surface area contributed by atoms with Crippen molar-refractivity contribution in [1.82, 2.24) is 14.5 Å². The fourth-order valence-corrected chi connectivity index (χ4v) is 3.95. The van der Waals surface area contributed by atoms with Gasteiger partial charge in [0.25, 0.3) is 0 Å². The maximum Gasteiger partial charge on any atom is 0.336 e. The molecular formula is C18H21N3O4S. The summed E-state index contributed by atoms with van der Waals surface area (Å²) < 4.78 is 34.7. The van der Waals surface area contributed by atoms with Crippen LogP contribution in [0.25, 0.3) is 11.0 Å². The van der Waals surface area contributed by atoms with Crippen LogP contribution in [0.3, 0.4) is 0 Å². The summed E-state index contributed by atoms with van der Waals surface area (Å²) in [6.45, 7) is 8.03. The highest BCUT2D eigenvalue weighted by atomic mass is 32.2. The number of benzene rings is 1. The molecule has 0 fully saturated rings. The van der Waals surface area contributed by atoms with Gasteiger partial charge in [-0.15, -0.1) is 0 Å². The summed E-state index contributed by atoms with van der Waals surface area (Å²) in [5, 5.41) is 5.02. The third kappa shape index (κ3) is 3.42. The van der Waals surface area contributed by atoms with E-state index in [0.717, 1.165) is 17.0 Å². The van der Waals surface area contributed by atoms with Crippen molar-refractivity contribution in [3.05, 3.63) is 57.7 Å². The average molecular weight is 375 g/mol. The third-order valence-corrected chi connectivity index (χ3v) is 6.00. The van der Waals surface area contributed by atoms with Crippen molar-refractivity contribution >= 4 is 21.0 Å². The van der Waals surface area contributed by atoms with E-state index in [0.29, 0.717) is 11.0 Å². The number of nitrogens with zero attached hydrogens (tertiary/aromatic N) is 2. The minimum absolute atomic E-state index is 0.121. The number of sulfonamides is 1. The molecule has 26 heavy (non-hydrogen) atoms. The van der Waals surface area contributed by atoms with Gasteiger partial charge in [0.1, 0.15) is 5.58 Å². The maximum atomic E-state index is 12.6. The van der Waals surface area contributed by atoms with Crippen LogP contribution < -0.4 is 10.3 Å². The van der Waals surface area contributed by atoms with Crippen LogP contribution in [-0.4, -0.2) is 24.7 Å². The molecule has 0 aliphatic rings. The zero-order chi connectivity index (χ0) is 19.1. The molecule has 1 aromatic carbocycles. The number of rotatable bonds is 5. The Hall–Kier alpha value is -2.45. The van der Waals surface area contributed by atoms with E-state index >= 15 is 0 Å². The molecule has 1 atom stereocenters. The Morgan fingerprint density at radius 3 is 2.58 bits per heavy atom. The van der Waals surface area contributed by atoms with Crippen molar-refractivity contribution in [3.8, 4) is 0 Å². The van der Waals surface area contributed by atoms with Crippen molar-refractivity contribution in [2.45, 2.75) is 38.6 Å². The number of aryl methyl sites for hydroxylation is 1. The van der Waals surface area contributed by atoms with Crippen molar-refractivity contribution < 1.29 is 12.8 Å². The van der Waals surface area contributed by atoms with Crippen LogP contribution in [0.2, 0.25) is 0 Å². The lowest BCUT2D eigenvalue weighted by atomic mass is 10.2. The first-order valence-corrected chi connectivity index (χ1v) is 9.73. The van der Waals surface area contributed by atoms with Crippen LogP contribution in [0.5, 0.6) is 0 Å². The predicted octanol–water partition coefficient (Wildman–Crippen LogP) is 2.45. The molecule has 0 radical (unpaired) electrons. The predicted molar refractivity (Wildman–Crippen MR) is 98.8 cm³/mol. The molecule has 0 unspecified atom stereocenters. The monoisotopic (exact) mass is 375 g/mol. The lowest BCUT2D eigenvalue weighted by Gasteiger charge is -2.16. The first-order valence-electron chi connectivity index (χ1n) is 8.25. The van der Waals surface area contributed by atoms with Gasteiger partial charge in [-0.1, -0.05) is 0 Å². The topological polar surface area (TPSA) is 94.2 Å². The number of nitrogens with one attached hydrogen (secondary N) is 1. The zero-order valence-corrected chi connectivity index (χ0v) is 15.9. The summed E-state index contributed by atoms with van der Waals surface area (Å²) in [6.07, 6.45) is 0. The highest BCUT2D eigenvalue weighted by Gasteiger charge is 2.19. The van der Waals surface area contributed by atoms with Gasteiger partial charge in [0.05, 0.1) is 16.6 Å². The molecule has 3 aromatic rings. The molecule has 7 nitrogen and oxygen atoms in total. The van der Waals surface area contributed by atoms with E-state index in [4.69, 9.17) is 4.42 Å². The first-order chi connectivity index (χ1) is 12.2. The Labute approximate surface area is 151 Å². The van der Waals surface area contributed by atoms with Crippen molar-refractivity contribution in [3.63, 3.8) is 0 Å². The van der Waals surface area contributed by atoms with Gasteiger partial charge in [0, 0.05) is 23.7 Å². The minimum atomic E-state index is -3.69. The number of fused-ring (bicyclic) bond motifs is 1. The SMILES string of the molecule is Cc1nn([C@H](C)CNS(=O)(=O)c2ccc3oc(=O)ccc3c2)c(C)c1C. The smallest absolute Gasteiger partial charge is 0.336 e. The summed E-state index contributed by atoms with van der Waals surface area (Å²) in [5.74, 6) is 0. The average Bonchev–Trinajstić information content (AvgIpc) is 2.86. The van der Waals surface area contributed by atoms with Crippen molar-refractivity contribution in [1.29, 1.82) is 0 Å². The molecule has 0 saturated heterocycles. The molecule has 0 spiro atoms. The first kappa shape index (κ1) is 18.3. The summed E-state index contributed by atoms with van der Waals surface area (Å²) in [7, 11) is -3.69. The van der Waals surface area contributed by atoms with Crippen LogP contribution in [0.4, 0.5) is 0 Å². The Kier molecular flexibility index (Phi) is 4.72. The van der Waals surface area contributed by atoms with E-state index < -0.39 is 15.6 Å². The molecule has 1 N–H and O–H groups in total. The van der Waals surface area contributed by atoms with Gasteiger partial charge in [-0.05, 0) is 57.5 Å². The maximum absolute atomic E-state index is 12.6. The summed E-state index contributed by atoms with van der Waals surface area (Å²) in [6, 6.07) is 7.07. The molecule has 0 aliphatic carbocycles. The fraction of sp³-hybridized carbons (Fsp3) is 0.333. The summed E-state index contributed by atoms with van der Waals surface area (Å²) in [4.78, 5) is 11.3. The molecule has 0 saturated carbocycles. The summed E-state index contributed by atoms with van der Waals surface area (Å²) in [5.41, 5.74) is 2.95. The number of aromatic nitrogens is 2. The molecule has 3 rings (SSSR count). The highest BCUT2D eigenvalue weighted by molar-refractivity contribution is 7.89. The molecule has 2 heterocycles. The molecule has 0 bridgehead atoms. The Balaban J connectivity index is 1.81. The standard InChI is InChI=1S/C18H21N3O4S/c1-11(21-14(4)12(2)13(3)20-21)10-19-26(23,24)16-6-7-17-15(9-16)5-8-18(22)25-17/h5-9,11,19H,10H2,1-4H3/t11-/m1/s1. The molecular weight excluding hydrogens is 354 g/mol. The second-order valence-electron chi connectivity index (χ2n) is 6.40. The lowest BCUT2D eigenvalue weighted by molar-refractivity contribution is 0.467. The molecule has 138 valence electrons. The van der Waals surface area contributed by atoms with Gasteiger partial charge in [-0.25, -0.2) is 17.9 Å². The van der Waals surface area contributed by atoms with Gasteiger partial charge < -0.3 is 4.42 Å². The van der Waals surface area contributed by atoms with E-state index in [-0.39, 0.29) is 17.5 Å². The van der Waals surface area contributed by atoms with Gasteiger partial charge >= 0.3 is 5.63 Å². The normalized spacial score (nSPS) is 13.2. The summed E-state index contributed by atoms with van der Waals surface area (Å²) >= 11 is 0. The molecule has 0 aliphatic heterocycles. The quantitative estimate of drug-likeness (QED) is 0.691. The lowest BCUT2D eigenvalue weighted by Crippen LogP contribution is -2.30. The van der Waals surface area contributed by atoms with Gasteiger partial charge in [-0.3, -0.25) is 4.68 Å². The van der Waals surface area contributed by atoms with Crippen LogP contribution in [0, 0.1) is 20.8 Å². The van der Waals surface area contributed by atoms with E-state index in [2.05, 4.69) is 9.82 Å². The van der Waals surface area contributed by atoms with E-state index in [1.807, 2.05) is 32.4 Å². The van der Waals surface area contributed by atoms with Crippen LogP contribution in [0.15, 0.2) is 44.4 Å². The Bertz CT molecular complexity index is 1130. The van der Waals surface area contributed by atoms with E-state index in [9.17, 15) is 13.2 Å². The highest BCUT2D eigenvalue weighted by Crippen LogP contribution is 2.19.